The minimum absolute atomic E-state index is 0.164. The van der Waals surface area contributed by atoms with Crippen molar-refractivity contribution in [2.75, 3.05) is 0 Å². The van der Waals surface area contributed by atoms with Gasteiger partial charge in [-0.25, -0.2) is 0 Å². The molecule has 2 nitrogen and oxygen atoms in total. The van der Waals surface area contributed by atoms with Crippen LogP contribution in [-0.4, -0.2) is 22.4 Å². The summed E-state index contributed by atoms with van der Waals surface area (Å²) in [5.74, 6) is 0.357. The Hall–Kier alpha value is -0.340. The van der Waals surface area contributed by atoms with Crippen molar-refractivity contribution in [1.29, 1.82) is 0 Å². The molecule has 1 fully saturated rings. The molecule has 0 bridgehead atoms. The third kappa shape index (κ3) is 3.08. The fraction of sp³-hybridized carbons (Fsp3) is 0.857. The largest absolute Gasteiger partial charge is 0.392 e. The molecule has 0 saturated heterocycles. The average Bonchev–Trinajstić information content (AvgIpc) is 2.69. The van der Waals surface area contributed by atoms with E-state index in [-0.39, 0.29) is 11.8 Å². The maximum Gasteiger partial charge on any atom is 0.0658 e. The summed E-state index contributed by atoms with van der Waals surface area (Å²) < 4.78 is 0. The van der Waals surface area contributed by atoms with Gasteiger partial charge in [-0.15, -0.1) is 0 Å². The SMILES string of the molecule is C=C(C)[C@H](C(O)C(C)C)[C@H](O)C1CCCC1. The Morgan fingerprint density at radius 1 is 1.19 bits per heavy atom. The number of aliphatic hydroxyl groups excluding tert-OH is 2. The molecule has 16 heavy (non-hydrogen) atoms. The summed E-state index contributed by atoms with van der Waals surface area (Å²) in [5, 5.41) is 20.5. The smallest absolute Gasteiger partial charge is 0.0658 e. The third-order valence-electron chi connectivity index (χ3n) is 3.87. The average molecular weight is 226 g/mol. The van der Waals surface area contributed by atoms with Gasteiger partial charge < -0.3 is 10.2 Å². The lowest BCUT2D eigenvalue weighted by Gasteiger charge is -2.33. The monoisotopic (exact) mass is 226 g/mol. The minimum atomic E-state index is -0.479. The van der Waals surface area contributed by atoms with Crippen LogP contribution in [0.15, 0.2) is 12.2 Å². The van der Waals surface area contributed by atoms with Gasteiger partial charge in [0.05, 0.1) is 12.2 Å². The highest BCUT2D eigenvalue weighted by Gasteiger charge is 2.35. The first-order chi connectivity index (χ1) is 7.45. The van der Waals surface area contributed by atoms with E-state index in [2.05, 4.69) is 6.58 Å². The lowest BCUT2D eigenvalue weighted by Crippen LogP contribution is -2.39. The summed E-state index contributed by atoms with van der Waals surface area (Å²) in [6, 6.07) is 0. The highest BCUT2D eigenvalue weighted by Crippen LogP contribution is 2.35. The summed E-state index contributed by atoms with van der Waals surface area (Å²) >= 11 is 0. The summed E-state index contributed by atoms with van der Waals surface area (Å²) in [6.07, 6.45) is 3.71. The predicted molar refractivity (Wildman–Crippen MR) is 67.1 cm³/mol. The Morgan fingerprint density at radius 3 is 2.06 bits per heavy atom. The molecule has 0 aromatic heterocycles. The highest BCUT2D eigenvalue weighted by atomic mass is 16.3. The Balaban J connectivity index is 2.72. The zero-order valence-corrected chi connectivity index (χ0v) is 10.8. The number of rotatable bonds is 5. The molecule has 2 heteroatoms. The Bertz CT molecular complexity index is 229. The fourth-order valence-corrected chi connectivity index (χ4v) is 2.79. The Labute approximate surface area is 99.4 Å². The van der Waals surface area contributed by atoms with Crippen LogP contribution in [0.5, 0.6) is 0 Å². The Morgan fingerprint density at radius 2 is 1.69 bits per heavy atom. The van der Waals surface area contributed by atoms with Crippen molar-refractivity contribution < 1.29 is 10.2 Å². The van der Waals surface area contributed by atoms with Crippen LogP contribution >= 0.6 is 0 Å². The second-order valence-corrected chi connectivity index (χ2v) is 5.64. The van der Waals surface area contributed by atoms with E-state index >= 15 is 0 Å². The molecule has 94 valence electrons. The molecule has 1 rings (SSSR count). The third-order valence-corrected chi connectivity index (χ3v) is 3.87. The lowest BCUT2D eigenvalue weighted by atomic mass is 9.79. The van der Waals surface area contributed by atoms with Crippen molar-refractivity contribution in [2.24, 2.45) is 17.8 Å². The van der Waals surface area contributed by atoms with E-state index in [1.165, 1.54) is 12.8 Å². The maximum absolute atomic E-state index is 10.4. The number of hydrogen-bond donors (Lipinski definition) is 2. The van der Waals surface area contributed by atoms with E-state index in [9.17, 15) is 10.2 Å². The second kappa shape index (κ2) is 5.83. The molecule has 1 unspecified atom stereocenters. The van der Waals surface area contributed by atoms with Gasteiger partial charge >= 0.3 is 0 Å². The van der Waals surface area contributed by atoms with Crippen LogP contribution in [0.3, 0.4) is 0 Å². The van der Waals surface area contributed by atoms with Crippen LogP contribution in [0.2, 0.25) is 0 Å². The van der Waals surface area contributed by atoms with Gasteiger partial charge in [0, 0.05) is 5.92 Å². The first kappa shape index (κ1) is 13.7. The van der Waals surface area contributed by atoms with E-state index < -0.39 is 12.2 Å². The molecular weight excluding hydrogens is 200 g/mol. The van der Waals surface area contributed by atoms with Gasteiger partial charge in [-0.1, -0.05) is 38.8 Å². The maximum atomic E-state index is 10.4. The molecule has 0 spiro atoms. The van der Waals surface area contributed by atoms with Gasteiger partial charge in [-0.2, -0.15) is 0 Å². The molecule has 0 amide bonds. The Kier molecular flexibility index (Phi) is 5.00. The van der Waals surface area contributed by atoms with Gasteiger partial charge in [0.15, 0.2) is 0 Å². The van der Waals surface area contributed by atoms with Crippen LogP contribution in [-0.2, 0) is 0 Å². The van der Waals surface area contributed by atoms with Gasteiger partial charge in [0.1, 0.15) is 0 Å². The number of hydrogen-bond acceptors (Lipinski definition) is 2. The molecule has 1 aliphatic carbocycles. The molecule has 3 atom stereocenters. The van der Waals surface area contributed by atoms with Crippen LogP contribution < -0.4 is 0 Å². The molecule has 0 heterocycles. The van der Waals surface area contributed by atoms with Crippen LogP contribution in [0.25, 0.3) is 0 Å². The molecular formula is C14H26O2. The molecule has 0 aromatic carbocycles. The molecule has 0 aliphatic heterocycles. The summed E-state index contributed by atoms with van der Waals surface area (Å²) in [6.45, 7) is 9.82. The molecule has 2 N–H and O–H groups in total. The van der Waals surface area contributed by atoms with Crippen molar-refractivity contribution in [3.8, 4) is 0 Å². The number of aliphatic hydroxyl groups is 2. The highest BCUT2D eigenvalue weighted by molar-refractivity contribution is 5.05. The van der Waals surface area contributed by atoms with Crippen molar-refractivity contribution in [1.82, 2.24) is 0 Å². The molecule has 1 aliphatic rings. The molecule has 0 aromatic rings. The van der Waals surface area contributed by atoms with Crippen molar-refractivity contribution in [2.45, 2.75) is 58.7 Å². The van der Waals surface area contributed by atoms with Crippen LogP contribution in [0.1, 0.15) is 46.5 Å². The lowest BCUT2D eigenvalue weighted by molar-refractivity contribution is -0.0188. The van der Waals surface area contributed by atoms with Crippen molar-refractivity contribution >= 4 is 0 Å². The summed E-state index contributed by atoms with van der Waals surface area (Å²) in [5.41, 5.74) is 0.903. The zero-order valence-electron chi connectivity index (χ0n) is 10.8. The summed E-state index contributed by atoms with van der Waals surface area (Å²) in [4.78, 5) is 0. The van der Waals surface area contributed by atoms with Gasteiger partial charge in [-0.05, 0) is 31.6 Å². The first-order valence-electron chi connectivity index (χ1n) is 6.46. The summed E-state index contributed by atoms with van der Waals surface area (Å²) in [7, 11) is 0. The van der Waals surface area contributed by atoms with Gasteiger partial charge in [-0.3, -0.25) is 0 Å². The molecule has 0 radical (unpaired) electrons. The van der Waals surface area contributed by atoms with Crippen molar-refractivity contribution in [3.05, 3.63) is 12.2 Å². The zero-order chi connectivity index (χ0) is 12.3. The van der Waals surface area contributed by atoms with Crippen molar-refractivity contribution in [3.63, 3.8) is 0 Å². The van der Waals surface area contributed by atoms with Gasteiger partial charge in [0.2, 0.25) is 0 Å². The topological polar surface area (TPSA) is 40.5 Å². The minimum Gasteiger partial charge on any atom is -0.392 e. The van der Waals surface area contributed by atoms with Gasteiger partial charge in [0.25, 0.3) is 0 Å². The van der Waals surface area contributed by atoms with Crippen LogP contribution in [0, 0.1) is 17.8 Å². The first-order valence-corrected chi connectivity index (χ1v) is 6.46. The second-order valence-electron chi connectivity index (χ2n) is 5.64. The van der Waals surface area contributed by atoms with E-state index in [4.69, 9.17) is 0 Å². The van der Waals surface area contributed by atoms with E-state index in [1.54, 1.807) is 0 Å². The van der Waals surface area contributed by atoms with Crippen LogP contribution in [0.4, 0.5) is 0 Å². The predicted octanol–water partition coefficient (Wildman–Crippen LogP) is 2.75. The van der Waals surface area contributed by atoms with E-state index in [0.29, 0.717) is 5.92 Å². The standard InChI is InChI=1S/C14H26O2/c1-9(2)12(13(15)10(3)4)14(16)11-7-5-6-8-11/h10-16H,1,5-8H2,2-4H3/t12-,13?,14-/m1/s1. The molecule has 1 saturated carbocycles. The van der Waals surface area contributed by atoms with E-state index in [1.807, 2.05) is 20.8 Å². The normalized spacial score (nSPS) is 23.4. The quantitative estimate of drug-likeness (QED) is 0.708. The fourth-order valence-electron chi connectivity index (χ4n) is 2.79. The van der Waals surface area contributed by atoms with E-state index in [0.717, 1.165) is 18.4 Å².